The Bertz CT molecular complexity index is 278. The van der Waals surface area contributed by atoms with Crippen LogP contribution in [0.4, 0.5) is 0 Å². The van der Waals surface area contributed by atoms with Crippen molar-refractivity contribution in [2.24, 2.45) is 5.92 Å². The lowest BCUT2D eigenvalue weighted by atomic mass is 10.1. The van der Waals surface area contributed by atoms with Crippen LogP contribution in [0.25, 0.3) is 0 Å². The van der Waals surface area contributed by atoms with Crippen LogP contribution in [0.2, 0.25) is 0 Å². The summed E-state index contributed by atoms with van der Waals surface area (Å²) in [6.45, 7) is 6.80. The quantitative estimate of drug-likeness (QED) is 0.726. The SMILES string of the molecule is CC(C)NC(=O)C(C)N1CCC(C(=O)O)C1. The molecule has 5 nitrogen and oxygen atoms in total. The number of likely N-dealkylation sites (tertiary alicyclic amines) is 1. The van der Waals surface area contributed by atoms with Gasteiger partial charge in [0.05, 0.1) is 12.0 Å². The molecule has 2 unspecified atom stereocenters. The molecule has 0 aromatic rings. The maximum atomic E-state index is 11.7. The summed E-state index contributed by atoms with van der Waals surface area (Å²) in [4.78, 5) is 24.4. The van der Waals surface area contributed by atoms with E-state index in [1.54, 1.807) is 0 Å². The number of hydrogen-bond donors (Lipinski definition) is 2. The van der Waals surface area contributed by atoms with Crippen LogP contribution >= 0.6 is 0 Å². The summed E-state index contributed by atoms with van der Waals surface area (Å²) >= 11 is 0. The fourth-order valence-electron chi connectivity index (χ4n) is 1.91. The van der Waals surface area contributed by atoms with Crippen molar-refractivity contribution in [3.8, 4) is 0 Å². The summed E-state index contributed by atoms with van der Waals surface area (Å²) in [5, 5.41) is 11.7. The molecule has 2 N–H and O–H groups in total. The van der Waals surface area contributed by atoms with Gasteiger partial charge < -0.3 is 10.4 Å². The average Bonchev–Trinajstić information content (AvgIpc) is 2.64. The van der Waals surface area contributed by atoms with E-state index < -0.39 is 5.97 Å². The van der Waals surface area contributed by atoms with Crippen LogP contribution in [0.5, 0.6) is 0 Å². The number of carboxylic acids is 1. The molecule has 1 aliphatic rings. The van der Waals surface area contributed by atoms with E-state index >= 15 is 0 Å². The Morgan fingerprint density at radius 1 is 1.38 bits per heavy atom. The van der Waals surface area contributed by atoms with Crippen LogP contribution < -0.4 is 5.32 Å². The van der Waals surface area contributed by atoms with Crippen molar-refractivity contribution in [2.45, 2.75) is 39.3 Å². The second kappa shape index (κ2) is 5.30. The molecule has 1 heterocycles. The van der Waals surface area contributed by atoms with Crippen LogP contribution in [0.3, 0.4) is 0 Å². The van der Waals surface area contributed by atoms with E-state index in [2.05, 4.69) is 5.32 Å². The zero-order valence-corrected chi connectivity index (χ0v) is 10.1. The summed E-state index contributed by atoms with van der Waals surface area (Å²) in [7, 11) is 0. The monoisotopic (exact) mass is 228 g/mol. The van der Waals surface area contributed by atoms with Gasteiger partial charge in [0.1, 0.15) is 0 Å². The smallest absolute Gasteiger partial charge is 0.307 e. The molecule has 0 bridgehead atoms. The van der Waals surface area contributed by atoms with Gasteiger partial charge in [0.15, 0.2) is 0 Å². The van der Waals surface area contributed by atoms with Gasteiger partial charge in [0, 0.05) is 12.6 Å². The van der Waals surface area contributed by atoms with Crippen molar-refractivity contribution in [2.75, 3.05) is 13.1 Å². The maximum absolute atomic E-state index is 11.7. The lowest BCUT2D eigenvalue weighted by Crippen LogP contribution is -2.46. The molecular formula is C11H20N2O3. The van der Waals surface area contributed by atoms with E-state index in [-0.39, 0.29) is 23.9 Å². The summed E-state index contributed by atoms with van der Waals surface area (Å²) < 4.78 is 0. The predicted molar refractivity (Wildman–Crippen MR) is 60.1 cm³/mol. The normalized spacial score (nSPS) is 23.4. The molecule has 0 aliphatic carbocycles. The highest BCUT2D eigenvalue weighted by atomic mass is 16.4. The first kappa shape index (κ1) is 13.0. The molecule has 2 atom stereocenters. The first-order valence-corrected chi connectivity index (χ1v) is 5.69. The zero-order valence-electron chi connectivity index (χ0n) is 10.1. The molecule has 0 aromatic heterocycles. The molecule has 16 heavy (non-hydrogen) atoms. The van der Waals surface area contributed by atoms with Gasteiger partial charge in [-0.2, -0.15) is 0 Å². The van der Waals surface area contributed by atoms with E-state index in [1.807, 2.05) is 25.7 Å². The van der Waals surface area contributed by atoms with E-state index in [0.29, 0.717) is 19.5 Å². The van der Waals surface area contributed by atoms with Crippen LogP contribution in [-0.4, -0.2) is 47.1 Å². The fraction of sp³-hybridized carbons (Fsp3) is 0.818. The zero-order chi connectivity index (χ0) is 12.3. The van der Waals surface area contributed by atoms with Gasteiger partial charge in [0.25, 0.3) is 0 Å². The minimum absolute atomic E-state index is 0.0268. The van der Waals surface area contributed by atoms with Gasteiger partial charge in [-0.1, -0.05) is 0 Å². The first-order valence-electron chi connectivity index (χ1n) is 5.69. The molecule has 1 fully saturated rings. The number of carbonyl (C=O) groups excluding carboxylic acids is 1. The third-order valence-electron chi connectivity index (χ3n) is 2.93. The van der Waals surface area contributed by atoms with Crippen LogP contribution in [0.15, 0.2) is 0 Å². The van der Waals surface area contributed by atoms with Gasteiger partial charge in [0.2, 0.25) is 5.91 Å². The van der Waals surface area contributed by atoms with Crippen LogP contribution in [0, 0.1) is 5.92 Å². The molecule has 0 spiro atoms. The van der Waals surface area contributed by atoms with Gasteiger partial charge in [-0.3, -0.25) is 14.5 Å². The Morgan fingerprint density at radius 3 is 2.44 bits per heavy atom. The number of carboxylic acid groups (broad SMARTS) is 1. The van der Waals surface area contributed by atoms with E-state index in [4.69, 9.17) is 5.11 Å². The second-order valence-electron chi connectivity index (χ2n) is 4.66. The molecule has 0 aromatic carbocycles. The largest absolute Gasteiger partial charge is 0.481 e. The van der Waals surface area contributed by atoms with Crippen molar-refractivity contribution in [3.05, 3.63) is 0 Å². The Morgan fingerprint density at radius 2 is 2.00 bits per heavy atom. The lowest BCUT2D eigenvalue weighted by molar-refractivity contribution is -0.141. The third kappa shape index (κ3) is 3.20. The molecular weight excluding hydrogens is 208 g/mol. The minimum atomic E-state index is -0.765. The summed E-state index contributed by atoms with van der Waals surface area (Å²) in [6.07, 6.45) is 0.634. The summed E-state index contributed by atoms with van der Waals surface area (Å²) in [5.74, 6) is -1.12. The predicted octanol–water partition coefficient (Wildman–Crippen LogP) is 0.306. The highest BCUT2D eigenvalue weighted by molar-refractivity contribution is 5.81. The molecule has 1 rings (SSSR count). The van der Waals surface area contributed by atoms with E-state index in [0.717, 1.165) is 0 Å². The molecule has 1 aliphatic heterocycles. The number of hydrogen-bond acceptors (Lipinski definition) is 3. The number of carbonyl (C=O) groups is 2. The summed E-state index contributed by atoms with van der Waals surface area (Å²) in [6, 6.07) is -0.125. The molecule has 1 saturated heterocycles. The van der Waals surface area contributed by atoms with Gasteiger partial charge >= 0.3 is 5.97 Å². The Balaban J connectivity index is 2.47. The molecule has 0 saturated carbocycles. The van der Waals surface area contributed by atoms with Crippen LogP contribution in [-0.2, 0) is 9.59 Å². The summed E-state index contributed by atoms with van der Waals surface area (Å²) in [5.41, 5.74) is 0. The number of aliphatic carboxylic acids is 1. The van der Waals surface area contributed by atoms with Crippen molar-refractivity contribution in [1.29, 1.82) is 0 Å². The van der Waals surface area contributed by atoms with Crippen molar-refractivity contribution in [1.82, 2.24) is 10.2 Å². The Hall–Kier alpha value is -1.10. The molecule has 0 radical (unpaired) electrons. The Kier molecular flexibility index (Phi) is 4.29. The molecule has 5 heteroatoms. The van der Waals surface area contributed by atoms with Crippen molar-refractivity contribution < 1.29 is 14.7 Å². The van der Waals surface area contributed by atoms with E-state index in [9.17, 15) is 9.59 Å². The number of rotatable bonds is 4. The molecule has 1 amide bonds. The van der Waals surface area contributed by atoms with Gasteiger partial charge in [-0.15, -0.1) is 0 Å². The first-order chi connectivity index (χ1) is 7.41. The fourth-order valence-corrected chi connectivity index (χ4v) is 1.91. The van der Waals surface area contributed by atoms with Gasteiger partial charge in [-0.25, -0.2) is 0 Å². The average molecular weight is 228 g/mol. The highest BCUT2D eigenvalue weighted by Crippen LogP contribution is 2.18. The standard InChI is InChI=1S/C11H20N2O3/c1-7(2)12-10(14)8(3)13-5-4-9(6-13)11(15)16/h7-9H,4-6H2,1-3H3,(H,12,14)(H,15,16). The van der Waals surface area contributed by atoms with E-state index in [1.165, 1.54) is 0 Å². The van der Waals surface area contributed by atoms with Crippen molar-refractivity contribution in [3.63, 3.8) is 0 Å². The number of nitrogens with one attached hydrogen (secondary N) is 1. The Labute approximate surface area is 95.8 Å². The third-order valence-corrected chi connectivity index (χ3v) is 2.93. The maximum Gasteiger partial charge on any atom is 0.307 e. The van der Waals surface area contributed by atoms with Gasteiger partial charge in [-0.05, 0) is 33.7 Å². The number of amides is 1. The topological polar surface area (TPSA) is 69.6 Å². The highest BCUT2D eigenvalue weighted by Gasteiger charge is 2.33. The molecule has 92 valence electrons. The number of nitrogens with zero attached hydrogens (tertiary/aromatic N) is 1. The van der Waals surface area contributed by atoms with Crippen molar-refractivity contribution >= 4 is 11.9 Å². The second-order valence-corrected chi connectivity index (χ2v) is 4.66. The minimum Gasteiger partial charge on any atom is -0.481 e. The lowest BCUT2D eigenvalue weighted by Gasteiger charge is -2.24. The van der Waals surface area contributed by atoms with Crippen LogP contribution in [0.1, 0.15) is 27.2 Å².